The summed E-state index contributed by atoms with van der Waals surface area (Å²) in [5.74, 6) is 0.818. The normalized spacial score (nSPS) is 14.4. The minimum Gasteiger partial charge on any atom is -0.497 e. The Balaban J connectivity index is 2.25. The van der Waals surface area contributed by atoms with E-state index in [9.17, 15) is 4.21 Å². The van der Waals surface area contributed by atoms with Crippen molar-refractivity contribution in [3.8, 4) is 5.75 Å². The summed E-state index contributed by atoms with van der Waals surface area (Å²) in [6.45, 7) is 5.84. The number of halogens is 1. The van der Waals surface area contributed by atoms with Gasteiger partial charge in [-0.3, -0.25) is 0 Å². The Morgan fingerprint density at radius 2 is 1.68 bits per heavy atom. The first-order valence-corrected chi connectivity index (χ1v) is 9.58. The van der Waals surface area contributed by atoms with E-state index in [1.807, 2.05) is 81.5 Å². The lowest BCUT2D eigenvalue weighted by molar-refractivity contribution is 0.415. The van der Waals surface area contributed by atoms with E-state index in [0.717, 1.165) is 16.9 Å². The zero-order valence-corrected chi connectivity index (χ0v) is 16.5. The van der Waals surface area contributed by atoms with Gasteiger partial charge in [-0.25, -0.2) is 8.93 Å². The van der Waals surface area contributed by atoms with Crippen molar-refractivity contribution in [3.05, 3.63) is 70.8 Å². The molecule has 0 saturated carbocycles. The van der Waals surface area contributed by atoms with Crippen LogP contribution in [0.15, 0.2) is 54.6 Å². The summed E-state index contributed by atoms with van der Waals surface area (Å²) in [4.78, 5) is 0. The van der Waals surface area contributed by atoms with Crippen molar-refractivity contribution in [3.63, 3.8) is 0 Å². The predicted molar refractivity (Wildman–Crippen MR) is 107 cm³/mol. The van der Waals surface area contributed by atoms with Crippen molar-refractivity contribution in [2.75, 3.05) is 7.11 Å². The maximum absolute atomic E-state index is 12.5. The fourth-order valence-corrected chi connectivity index (χ4v) is 3.03. The maximum atomic E-state index is 12.5. The van der Waals surface area contributed by atoms with E-state index in [1.54, 1.807) is 7.11 Å². The molecule has 2 aromatic rings. The predicted octanol–water partition coefficient (Wildman–Crippen LogP) is 5.15. The lowest BCUT2D eigenvalue weighted by Crippen LogP contribution is -2.35. The molecule has 1 N–H and O–H groups in total. The highest BCUT2D eigenvalue weighted by Gasteiger charge is 2.22. The van der Waals surface area contributed by atoms with Crippen molar-refractivity contribution in [2.45, 2.75) is 31.6 Å². The maximum Gasteiger partial charge on any atom is 0.118 e. The minimum absolute atomic E-state index is 0.181. The van der Waals surface area contributed by atoms with Gasteiger partial charge in [-0.1, -0.05) is 48.0 Å². The monoisotopic (exact) mass is 377 g/mol. The number of ether oxygens (including phenoxy) is 1. The van der Waals surface area contributed by atoms with Gasteiger partial charge in [0.25, 0.3) is 0 Å². The average Bonchev–Trinajstić information content (AvgIpc) is 2.59. The molecule has 0 spiro atoms. The molecule has 5 heteroatoms. The molecule has 0 aliphatic carbocycles. The number of nitrogens with one attached hydrogen (secondary N) is 1. The van der Waals surface area contributed by atoms with Crippen LogP contribution in [0.4, 0.5) is 0 Å². The molecular weight excluding hydrogens is 354 g/mol. The highest BCUT2D eigenvalue weighted by Crippen LogP contribution is 2.22. The standard InChI is InChI=1S/C20H24ClNO2S/c1-20(2,3)25(23)22-19(16-8-10-17(21)11-9-16)14-7-15-5-12-18(24-4)13-6-15/h5-14,19,22H,1-4H3/b14-7+/t19-,25?/m1/s1. The summed E-state index contributed by atoms with van der Waals surface area (Å²) in [5.41, 5.74) is 2.05. The molecule has 25 heavy (non-hydrogen) atoms. The molecule has 134 valence electrons. The fourth-order valence-electron chi connectivity index (χ4n) is 2.10. The number of rotatable bonds is 6. The van der Waals surface area contributed by atoms with Crippen LogP contribution in [0.2, 0.25) is 5.02 Å². The molecule has 2 atom stereocenters. The van der Waals surface area contributed by atoms with E-state index in [2.05, 4.69) is 4.72 Å². The van der Waals surface area contributed by atoms with Gasteiger partial charge in [0.2, 0.25) is 0 Å². The zero-order chi connectivity index (χ0) is 18.4. The summed E-state index contributed by atoms with van der Waals surface area (Å²) < 4.78 is 20.6. The quantitative estimate of drug-likeness (QED) is 0.755. The van der Waals surface area contributed by atoms with Crippen molar-refractivity contribution in [1.29, 1.82) is 0 Å². The van der Waals surface area contributed by atoms with E-state index in [4.69, 9.17) is 16.3 Å². The highest BCUT2D eigenvalue weighted by molar-refractivity contribution is 7.84. The third kappa shape index (κ3) is 5.99. The largest absolute Gasteiger partial charge is 0.497 e. The van der Waals surface area contributed by atoms with Crippen molar-refractivity contribution in [2.24, 2.45) is 0 Å². The highest BCUT2D eigenvalue weighted by atomic mass is 35.5. The van der Waals surface area contributed by atoms with Gasteiger partial charge in [-0.2, -0.15) is 0 Å². The molecule has 2 aromatic carbocycles. The first-order chi connectivity index (χ1) is 11.8. The molecule has 0 fully saturated rings. The van der Waals surface area contributed by atoms with Gasteiger partial charge in [0.15, 0.2) is 0 Å². The SMILES string of the molecule is COc1ccc(/C=C/[C@@H](NS(=O)C(C)(C)C)c2ccc(Cl)cc2)cc1. The van der Waals surface area contributed by atoms with Crippen molar-refractivity contribution >= 4 is 28.7 Å². The molecule has 0 bridgehead atoms. The van der Waals surface area contributed by atoms with Crippen LogP contribution in [-0.2, 0) is 11.0 Å². The van der Waals surface area contributed by atoms with Gasteiger partial charge in [0.1, 0.15) is 5.75 Å². The van der Waals surface area contributed by atoms with Crippen LogP contribution in [0.3, 0.4) is 0 Å². The first-order valence-electron chi connectivity index (χ1n) is 8.05. The second-order valence-electron chi connectivity index (χ2n) is 6.66. The van der Waals surface area contributed by atoms with Gasteiger partial charge >= 0.3 is 0 Å². The summed E-state index contributed by atoms with van der Waals surface area (Å²) in [6, 6.07) is 15.2. The Hall–Kier alpha value is -1.62. The number of benzene rings is 2. The van der Waals surface area contributed by atoms with E-state index >= 15 is 0 Å². The molecule has 0 amide bonds. The summed E-state index contributed by atoms with van der Waals surface area (Å²) >= 11 is 5.99. The molecule has 0 radical (unpaired) electrons. The lowest BCUT2D eigenvalue weighted by Gasteiger charge is -2.23. The van der Waals surface area contributed by atoms with Crippen LogP contribution >= 0.6 is 11.6 Å². The van der Waals surface area contributed by atoms with Gasteiger partial charge in [0.05, 0.1) is 28.9 Å². The van der Waals surface area contributed by atoms with E-state index in [-0.39, 0.29) is 10.8 Å². The number of hydrogen-bond acceptors (Lipinski definition) is 2. The van der Waals surface area contributed by atoms with Crippen LogP contribution in [0, 0.1) is 0 Å². The van der Waals surface area contributed by atoms with Gasteiger partial charge in [0, 0.05) is 5.02 Å². The Morgan fingerprint density at radius 1 is 1.08 bits per heavy atom. The Kier molecular flexibility index (Phi) is 6.82. The summed E-state index contributed by atoms with van der Waals surface area (Å²) in [5, 5.41) is 0.679. The zero-order valence-electron chi connectivity index (χ0n) is 15.0. The molecule has 1 unspecified atom stereocenters. The minimum atomic E-state index is -1.19. The third-order valence-electron chi connectivity index (χ3n) is 3.62. The Bertz CT molecular complexity index is 734. The Labute approximate surface area is 157 Å². The van der Waals surface area contributed by atoms with Crippen LogP contribution in [0.5, 0.6) is 5.75 Å². The lowest BCUT2D eigenvalue weighted by atomic mass is 10.1. The van der Waals surface area contributed by atoms with Gasteiger partial charge < -0.3 is 4.74 Å². The second kappa shape index (κ2) is 8.65. The summed E-state index contributed by atoms with van der Waals surface area (Å²) in [7, 11) is 0.456. The van der Waals surface area contributed by atoms with Gasteiger partial charge in [-0.05, 0) is 56.2 Å². The topological polar surface area (TPSA) is 38.3 Å². The first kappa shape index (κ1) is 19.7. The molecule has 0 aliphatic heterocycles. The van der Waals surface area contributed by atoms with E-state index in [1.165, 1.54) is 0 Å². The molecule has 2 rings (SSSR count). The van der Waals surface area contributed by atoms with Crippen LogP contribution in [-0.4, -0.2) is 16.1 Å². The molecule has 0 aromatic heterocycles. The van der Waals surface area contributed by atoms with Crippen LogP contribution < -0.4 is 9.46 Å². The molecule has 3 nitrogen and oxygen atoms in total. The number of hydrogen-bond donors (Lipinski definition) is 1. The smallest absolute Gasteiger partial charge is 0.118 e. The van der Waals surface area contributed by atoms with Crippen LogP contribution in [0.25, 0.3) is 6.08 Å². The molecule has 0 heterocycles. The average molecular weight is 378 g/mol. The third-order valence-corrected chi connectivity index (χ3v) is 5.45. The molecule has 0 aliphatic rings. The van der Waals surface area contributed by atoms with E-state index < -0.39 is 11.0 Å². The fraction of sp³-hybridized carbons (Fsp3) is 0.300. The number of methoxy groups -OCH3 is 1. The summed E-state index contributed by atoms with van der Waals surface area (Å²) in [6.07, 6.45) is 4.01. The van der Waals surface area contributed by atoms with Crippen LogP contribution in [0.1, 0.15) is 37.9 Å². The van der Waals surface area contributed by atoms with E-state index in [0.29, 0.717) is 5.02 Å². The Morgan fingerprint density at radius 3 is 2.20 bits per heavy atom. The van der Waals surface area contributed by atoms with Gasteiger partial charge in [-0.15, -0.1) is 0 Å². The van der Waals surface area contributed by atoms with Crippen molar-refractivity contribution < 1.29 is 8.95 Å². The second-order valence-corrected chi connectivity index (χ2v) is 9.09. The van der Waals surface area contributed by atoms with Crippen molar-refractivity contribution in [1.82, 2.24) is 4.72 Å². The molecular formula is C20H24ClNO2S. The molecule has 0 saturated heterocycles.